The summed E-state index contributed by atoms with van der Waals surface area (Å²) in [6.07, 6.45) is 1.64. The van der Waals surface area contributed by atoms with Gasteiger partial charge in [0.05, 0.1) is 4.90 Å². The summed E-state index contributed by atoms with van der Waals surface area (Å²) in [6.45, 7) is 0. The minimum atomic E-state index is -3.72. The van der Waals surface area contributed by atoms with Crippen molar-refractivity contribution in [3.8, 4) is 0 Å². The Bertz CT molecular complexity index is 845. The van der Waals surface area contributed by atoms with Gasteiger partial charge < -0.3 is 5.32 Å². The molecular formula is C12H8ClN3O2S3. The molecular weight excluding hydrogens is 350 g/mol. The molecule has 0 bridgehead atoms. The predicted octanol–water partition coefficient (Wildman–Crippen LogP) is 3.83. The molecule has 0 aliphatic rings. The van der Waals surface area contributed by atoms with Crippen LogP contribution in [0.15, 0.2) is 51.8 Å². The number of hydrogen-bond donors (Lipinski definition) is 1. The molecule has 0 radical (unpaired) electrons. The Morgan fingerprint density at radius 1 is 1.14 bits per heavy atom. The van der Waals surface area contributed by atoms with Crippen molar-refractivity contribution in [2.24, 2.45) is 0 Å². The second kappa shape index (κ2) is 5.72. The first-order valence-corrected chi connectivity index (χ1v) is 9.26. The minimum absolute atomic E-state index is 0.123. The Kier molecular flexibility index (Phi) is 3.94. The van der Waals surface area contributed by atoms with Crippen LogP contribution < -0.4 is 5.32 Å². The average Bonchev–Trinajstić information content (AvgIpc) is 3.10. The van der Waals surface area contributed by atoms with Gasteiger partial charge in [0.25, 0.3) is 0 Å². The topological polar surface area (TPSA) is 72.0 Å². The van der Waals surface area contributed by atoms with Crippen LogP contribution in [0.3, 0.4) is 0 Å². The van der Waals surface area contributed by atoms with E-state index in [1.165, 1.54) is 23.5 Å². The molecule has 9 heteroatoms. The number of sulfone groups is 1. The van der Waals surface area contributed by atoms with E-state index in [1.54, 1.807) is 29.8 Å². The second-order valence-electron chi connectivity index (χ2n) is 3.88. The third kappa shape index (κ3) is 2.93. The quantitative estimate of drug-likeness (QED) is 0.768. The molecule has 0 aliphatic heterocycles. The van der Waals surface area contributed by atoms with E-state index in [9.17, 15) is 8.42 Å². The Balaban J connectivity index is 1.98. The van der Waals surface area contributed by atoms with E-state index in [2.05, 4.69) is 15.3 Å². The standard InChI is InChI=1S/C12H8ClN3O2S3/c13-9-10(21(17,18)8-4-2-1-3-5-8)15-12(20-9)16-11-14-6-7-19-11/h1-7H,(H,14,15,16). The SMILES string of the molecule is O=S(=O)(c1ccccc1)c1nc(Nc2nccs2)sc1Cl. The number of thiazole rings is 2. The number of nitrogens with zero attached hydrogens (tertiary/aromatic N) is 2. The van der Waals surface area contributed by atoms with E-state index in [-0.39, 0.29) is 14.3 Å². The lowest BCUT2D eigenvalue weighted by Crippen LogP contribution is -2.03. The first-order valence-electron chi connectivity index (χ1n) is 5.70. The van der Waals surface area contributed by atoms with Crippen LogP contribution in [0.25, 0.3) is 0 Å². The molecule has 3 rings (SSSR count). The van der Waals surface area contributed by atoms with Crippen molar-refractivity contribution in [3.63, 3.8) is 0 Å². The Morgan fingerprint density at radius 2 is 1.90 bits per heavy atom. The number of benzene rings is 1. The van der Waals surface area contributed by atoms with Gasteiger partial charge in [-0.05, 0) is 12.1 Å². The number of hydrogen-bond acceptors (Lipinski definition) is 7. The van der Waals surface area contributed by atoms with Gasteiger partial charge in [-0.3, -0.25) is 0 Å². The predicted molar refractivity (Wildman–Crippen MR) is 84.4 cm³/mol. The summed E-state index contributed by atoms with van der Waals surface area (Å²) >= 11 is 8.49. The van der Waals surface area contributed by atoms with Crippen LogP contribution in [0.1, 0.15) is 0 Å². The fraction of sp³-hybridized carbons (Fsp3) is 0. The van der Waals surface area contributed by atoms with Crippen molar-refractivity contribution < 1.29 is 8.42 Å². The molecule has 0 atom stereocenters. The van der Waals surface area contributed by atoms with Gasteiger partial charge in [0.2, 0.25) is 9.84 Å². The highest BCUT2D eigenvalue weighted by Crippen LogP contribution is 2.35. The highest BCUT2D eigenvalue weighted by Gasteiger charge is 2.25. The molecule has 21 heavy (non-hydrogen) atoms. The van der Waals surface area contributed by atoms with Crippen LogP contribution in [-0.2, 0) is 9.84 Å². The summed E-state index contributed by atoms with van der Waals surface area (Å²) in [7, 11) is -3.72. The van der Waals surface area contributed by atoms with Gasteiger partial charge >= 0.3 is 0 Å². The van der Waals surface area contributed by atoms with Gasteiger partial charge in [0, 0.05) is 11.6 Å². The molecule has 0 unspecified atom stereocenters. The molecule has 0 spiro atoms. The third-order valence-corrected chi connectivity index (χ3v) is 6.31. The van der Waals surface area contributed by atoms with Gasteiger partial charge in [-0.15, -0.1) is 11.3 Å². The van der Waals surface area contributed by atoms with Crippen LogP contribution in [0, 0.1) is 0 Å². The lowest BCUT2D eigenvalue weighted by molar-refractivity contribution is 0.593. The fourth-order valence-corrected chi connectivity index (χ4v) is 5.01. The highest BCUT2D eigenvalue weighted by atomic mass is 35.5. The maximum absolute atomic E-state index is 12.5. The molecule has 5 nitrogen and oxygen atoms in total. The number of halogens is 1. The van der Waals surface area contributed by atoms with Crippen molar-refractivity contribution in [2.75, 3.05) is 5.32 Å². The van der Waals surface area contributed by atoms with Gasteiger partial charge in [0.15, 0.2) is 15.3 Å². The largest absolute Gasteiger partial charge is 0.307 e. The van der Waals surface area contributed by atoms with Crippen molar-refractivity contribution >= 4 is 54.4 Å². The monoisotopic (exact) mass is 357 g/mol. The Morgan fingerprint density at radius 3 is 2.57 bits per heavy atom. The summed E-state index contributed by atoms with van der Waals surface area (Å²) in [5.41, 5.74) is 0. The molecule has 3 aromatic rings. The number of anilines is 2. The maximum atomic E-state index is 12.5. The zero-order chi connectivity index (χ0) is 14.9. The summed E-state index contributed by atoms with van der Waals surface area (Å²) in [4.78, 5) is 8.30. The minimum Gasteiger partial charge on any atom is -0.307 e. The Hall–Kier alpha value is -1.48. The van der Waals surface area contributed by atoms with Gasteiger partial charge in [-0.2, -0.15) is 0 Å². The molecule has 2 aromatic heterocycles. The first-order chi connectivity index (χ1) is 10.1. The zero-order valence-corrected chi connectivity index (χ0v) is 13.6. The first kappa shape index (κ1) is 14.5. The molecule has 1 aromatic carbocycles. The Labute approximate surface area is 134 Å². The molecule has 0 aliphatic carbocycles. The smallest absolute Gasteiger partial charge is 0.226 e. The van der Waals surface area contributed by atoms with Crippen molar-refractivity contribution in [1.82, 2.24) is 9.97 Å². The van der Waals surface area contributed by atoms with Crippen LogP contribution in [0.4, 0.5) is 10.3 Å². The van der Waals surface area contributed by atoms with Crippen LogP contribution in [-0.4, -0.2) is 18.4 Å². The van der Waals surface area contributed by atoms with E-state index in [0.29, 0.717) is 10.3 Å². The zero-order valence-electron chi connectivity index (χ0n) is 10.4. The fourth-order valence-electron chi connectivity index (χ4n) is 1.59. The molecule has 2 heterocycles. The van der Waals surface area contributed by atoms with E-state index in [1.807, 2.05) is 0 Å². The van der Waals surface area contributed by atoms with Crippen LogP contribution in [0.2, 0.25) is 4.34 Å². The summed E-state index contributed by atoms with van der Waals surface area (Å²) < 4.78 is 25.1. The summed E-state index contributed by atoms with van der Waals surface area (Å²) in [5.74, 6) is 0. The second-order valence-corrected chi connectivity index (χ2v) is 8.24. The van der Waals surface area contributed by atoms with Crippen molar-refractivity contribution in [2.45, 2.75) is 9.92 Å². The third-order valence-electron chi connectivity index (χ3n) is 2.51. The van der Waals surface area contributed by atoms with E-state index in [0.717, 1.165) is 11.3 Å². The summed E-state index contributed by atoms with van der Waals surface area (Å²) in [5, 5.41) is 5.62. The van der Waals surface area contributed by atoms with E-state index >= 15 is 0 Å². The molecule has 0 fully saturated rings. The van der Waals surface area contributed by atoms with Gasteiger partial charge in [0.1, 0.15) is 4.34 Å². The van der Waals surface area contributed by atoms with E-state index < -0.39 is 9.84 Å². The highest BCUT2D eigenvalue weighted by molar-refractivity contribution is 7.91. The number of aromatic nitrogens is 2. The number of nitrogens with one attached hydrogen (secondary N) is 1. The lowest BCUT2D eigenvalue weighted by atomic mass is 10.4. The number of rotatable bonds is 4. The van der Waals surface area contributed by atoms with Gasteiger partial charge in [-0.1, -0.05) is 41.1 Å². The lowest BCUT2D eigenvalue weighted by Gasteiger charge is -2.01. The summed E-state index contributed by atoms with van der Waals surface area (Å²) in [6, 6.07) is 8.08. The van der Waals surface area contributed by atoms with E-state index in [4.69, 9.17) is 11.6 Å². The van der Waals surface area contributed by atoms with Crippen molar-refractivity contribution in [3.05, 3.63) is 46.2 Å². The normalized spacial score (nSPS) is 11.5. The van der Waals surface area contributed by atoms with Crippen LogP contribution >= 0.6 is 34.3 Å². The van der Waals surface area contributed by atoms with Crippen LogP contribution in [0.5, 0.6) is 0 Å². The molecule has 108 valence electrons. The van der Waals surface area contributed by atoms with Gasteiger partial charge in [-0.25, -0.2) is 18.4 Å². The molecule has 0 saturated carbocycles. The van der Waals surface area contributed by atoms with Crippen molar-refractivity contribution in [1.29, 1.82) is 0 Å². The molecule has 0 saturated heterocycles. The molecule has 0 amide bonds. The maximum Gasteiger partial charge on any atom is 0.226 e. The average molecular weight is 358 g/mol. The molecule has 1 N–H and O–H groups in total.